The first-order chi connectivity index (χ1) is 9.86. The molecule has 21 heavy (non-hydrogen) atoms. The van der Waals surface area contributed by atoms with Crippen molar-refractivity contribution in [2.24, 2.45) is 5.11 Å². The van der Waals surface area contributed by atoms with Crippen molar-refractivity contribution in [3.05, 3.63) is 45.8 Å². The fourth-order valence-electron chi connectivity index (χ4n) is 1.68. The molecule has 0 bridgehead atoms. The summed E-state index contributed by atoms with van der Waals surface area (Å²) in [5, 5.41) is 15.0. The highest BCUT2D eigenvalue weighted by Gasteiger charge is 2.31. The van der Waals surface area contributed by atoms with Crippen molar-refractivity contribution in [2.45, 2.75) is 18.6 Å². The third kappa shape index (κ3) is 5.33. The molecular weight excluding hydrogens is 289 g/mol. The van der Waals surface area contributed by atoms with Gasteiger partial charge in [-0.2, -0.15) is 13.2 Å². The lowest BCUT2D eigenvalue weighted by Crippen LogP contribution is -2.29. The summed E-state index contributed by atoms with van der Waals surface area (Å²) < 4.78 is 37.8. The van der Waals surface area contributed by atoms with E-state index in [1.54, 1.807) is 0 Å². The lowest BCUT2D eigenvalue weighted by molar-refractivity contribution is -0.140. The summed E-state index contributed by atoms with van der Waals surface area (Å²) in [5.74, 6) is -1.28. The summed E-state index contributed by atoms with van der Waals surface area (Å²) in [6.45, 7) is 0.380. The van der Waals surface area contributed by atoms with Gasteiger partial charge in [0.15, 0.2) is 0 Å². The predicted octanol–water partition coefficient (Wildman–Crippen LogP) is 3.12. The fraction of sp³-hybridized carbons (Fsp3) is 0.417. The smallest absolute Gasteiger partial charge is 0.416 e. The van der Waals surface area contributed by atoms with E-state index in [4.69, 9.17) is 10.6 Å². The van der Waals surface area contributed by atoms with Gasteiger partial charge in [-0.1, -0.05) is 17.2 Å². The second kappa shape index (κ2) is 7.51. The molecule has 114 valence electrons. The number of benzene rings is 1. The molecule has 0 aromatic heterocycles. The van der Waals surface area contributed by atoms with Crippen LogP contribution in [0.3, 0.4) is 0 Å². The average Bonchev–Trinajstić information content (AvgIpc) is 2.41. The van der Waals surface area contributed by atoms with Crippen LogP contribution in [0.1, 0.15) is 23.6 Å². The number of carboxylic acids is 1. The van der Waals surface area contributed by atoms with Crippen molar-refractivity contribution >= 4 is 5.97 Å². The molecule has 1 unspecified atom stereocenters. The molecule has 1 atom stereocenters. The summed E-state index contributed by atoms with van der Waals surface area (Å²) in [6.07, 6.45) is -4.15. The van der Waals surface area contributed by atoms with Gasteiger partial charge in [0.05, 0.1) is 5.56 Å². The molecule has 1 aromatic rings. The van der Waals surface area contributed by atoms with Crippen LogP contribution in [0.2, 0.25) is 0 Å². The minimum Gasteiger partial charge on any atom is -0.480 e. The van der Waals surface area contributed by atoms with Crippen molar-refractivity contribution in [3.63, 3.8) is 0 Å². The molecule has 2 N–H and O–H groups in total. The normalized spacial score (nSPS) is 12.5. The topological polar surface area (TPSA) is 98.1 Å². The van der Waals surface area contributed by atoms with Gasteiger partial charge < -0.3 is 10.4 Å². The van der Waals surface area contributed by atoms with Crippen LogP contribution in [-0.4, -0.2) is 24.2 Å². The number of hydrogen-bond donors (Lipinski definition) is 2. The molecule has 0 saturated carbocycles. The lowest BCUT2D eigenvalue weighted by Gasteiger charge is -2.16. The zero-order valence-corrected chi connectivity index (χ0v) is 10.8. The fourth-order valence-corrected chi connectivity index (χ4v) is 1.68. The van der Waals surface area contributed by atoms with Crippen molar-refractivity contribution < 1.29 is 23.1 Å². The number of rotatable bonds is 7. The third-order valence-electron chi connectivity index (χ3n) is 2.64. The summed E-state index contributed by atoms with van der Waals surface area (Å²) in [6, 6.07) is 2.91. The number of azide groups is 1. The quantitative estimate of drug-likeness (QED) is 0.350. The first-order valence-corrected chi connectivity index (χ1v) is 6.00. The Morgan fingerprint density at radius 3 is 2.76 bits per heavy atom. The van der Waals surface area contributed by atoms with Gasteiger partial charge in [-0.3, -0.25) is 4.79 Å². The van der Waals surface area contributed by atoms with E-state index < -0.39 is 23.8 Å². The molecule has 0 heterocycles. The molecule has 9 heteroatoms. The zero-order chi connectivity index (χ0) is 15.9. The van der Waals surface area contributed by atoms with E-state index in [-0.39, 0.29) is 18.7 Å². The first kappa shape index (κ1) is 16.8. The van der Waals surface area contributed by atoms with E-state index in [9.17, 15) is 18.0 Å². The second-order valence-corrected chi connectivity index (χ2v) is 4.16. The highest BCUT2D eigenvalue weighted by molar-refractivity contribution is 5.75. The van der Waals surface area contributed by atoms with Crippen LogP contribution in [0, 0.1) is 0 Å². The summed E-state index contributed by atoms with van der Waals surface area (Å²) in [4.78, 5) is 13.7. The van der Waals surface area contributed by atoms with E-state index in [0.717, 1.165) is 18.2 Å². The minimum absolute atomic E-state index is 0.0149. The van der Waals surface area contributed by atoms with Crippen LogP contribution in [0.15, 0.2) is 29.4 Å². The SMILES string of the molecule is [N-]=[N+]=NCCCNC(C(=O)O)c1cccc(C(F)(F)F)c1. The van der Waals surface area contributed by atoms with Gasteiger partial charge in [-0.15, -0.1) is 0 Å². The summed E-state index contributed by atoms with van der Waals surface area (Å²) in [7, 11) is 0. The molecule has 0 fully saturated rings. The Bertz CT molecular complexity index is 542. The summed E-state index contributed by atoms with van der Waals surface area (Å²) in [5.41, 5.74) is 7.20. The molecule has 0 aliphatic heterocycles. The van der Waals surface area contributed by atoms with Crippen molar-refractivity contribution in [1.29, 1.82) is 0 Å². The Hall–Kier alpha value is -2.25. The van der Waals surface area contributed by atoms with E-state index >= 15 is 0 Å². The molecule has 0 amide bonds. The van der Waals surface area contributed by atoms with Crippen LogP contribution >= 0.6 is 0 Å². The molecule has 0 aliphatic rings. The van der Waals surface area contributed by atoms with E-state index in [1.165, 1.54) is 6.07 Å². The van der Waals surface area contributed by atoms with Crippen LogP contribution in [0.4, 0.5) is 13.2 Å². The Labute approximate surface area is 118 Å². The van der Waals surface area contributed by atoms with Crippen LogP contribution in [-0.2, 0) is 11.0 Å². The maximum Gasteiger partial charge on any atom is 0.416 e. The van der Waals surface area contributed by atoms with E-state index in [0.29, 0.717) is 6.42 Å². The molecular formula is C12H13F3N4O2. The number of aliphatic carboxylic acids is 1. The largest absolute Gasteiger partial charge is 0.480 e. The summed E-state index contributed by atoms with van der Waals surface area (Å²) >= 11 is 0. The highest BCUT2D eigenvalue weighted by Crippen LogP contribution is 2.30. The van der Waals surface area contributed by atoms with Gasteiger partial charge in [-0.25, -0.2) is 0 Å². The third-order valence-corrected chi connectivity index (χ3v) is 2.64. The predicted molar refractivity (Wildman–Crippen MR) is 68.5 cm³/mol. The molecule has 0 radical (unpaired) electrons. The average molecular weight is 302 g/mol. The van der Waals surface area contributed by atoms with Crippen molar-refractivity contribution in [3.8, 4) is 0 Å². The zero-order valence-electron chi connectivity index (χ0n) is 10.8. The van der Waals surface area contributed by atoms with Gasteiger partial charge in [0, 0.05) is 11.5 Å². The van der Waals surface area contributed by atoms with Crippen molar-refractivity contribution in [2.75, 3.05) is 13.1 Å². The van der Waals surface area contributed by atoms with Crippen LogP contribution < -0.4 is 5.32 Å². The van der Waals surface area contributed by atoms with Gasteiger partial charge in [0.2, 0.25) is 0 Å². The van der Waals surface area contributed by atoms with Gasteiger partial charge in [0.25, 0.3) is 0 Å². The monoisotopic (exact) mass is 302 g/mol. The number of carbonyl (C=O) groups is 1. The number of carboxylic acid groups (broad SMARTS) is 1. The van der Waals surface area contributed by atoms with E-state index in [2.05, 4.69) is 15.3 Å². The Balaban J connectivity index is 2.81. The number of nitrogens with one attached hydrogen (secondary N) is 1. The number of nitrogens with zero attached hydrogens (tertiary/aromatic N) is 3. The molecule has 0 saturated heterocycles. The van der Waals surface area contributed by atoms with Gasteiger partial charge >= 0.3 is 12.1 Å². The van der Waals surface area contributed by atoms with Crippen molar-refractivity contribution in [1.82, 2.24) is 5.32 Å². The second-order valence-electron chi connectivity index (χ2n) is 4.16. The lowest BCUT2D eigenvalue weighted by atomic mass is 10.0. The molecule has 1 rings (SSSR count). The maximum absolute atomic E-state index is 12.6. The van der Waals surface area contributed by atoms with Gasteiger partial charge in [0.1, 0.15) is 6.04 Å². The maximum atomic E-state index is 12.6. The standard InChI is InChI=1S/C12H13F3N4O2/c13-12(14,15)9-4-1-3-8(7-9)10(11(20)21)17-5-2-6-18-19-16/h1,3-4,7,10,17H,2,5-6H2,(H,20,21). The Kier molecular flexibility index (Phi) is 6.01. The van der Waals surface area contributed by atoms with Gasteiger partial charge in [-0.05, 0) is 36.2 Å². The number of hydrogen-bond acceptors (Lipinski definition) is 3. The van der Waals surface area contributed by atoms with E-state index in [1.807, 2.05) is 0 Å². The Morgan fingerprint density at radius 1 is 1.48 bits per heavy atom. The first-order valence-electron chi connectivity index (χ1n) is 6.00. The van der Waals surface area contributed by atoms with Crippen LogP contribution in [0.5, 0.6) is 0 Å². The van der Waals surface area contributed by atoms with Crippen LogP contribution in [0.25, 0.3) is 10.4 Å². The minimum atomic E-state index is -4.53. The molecule has 0 spiro atoms. The number of alkyl halides is 3. The highest BCUT2D eigenvalue weighted by atomic mass is 19.4. The Morgan fingerprint density at radius 2 is 2.19 bits per heavy atom. The molecule has 1 aromatic carbocycles. The number of halogens is 3. The molecule has 6 nitrogen and oxygen atoms in total. The molecule has 0 aliphatic carbocycles.